The van der Waals surface area contributed by atoms with Gasteiger partial charge in [0.15, 0.2) is 11.2 Å². The van der Waals surface area contributed by atoms with Crippen LogP contribution in [0.1, 0.15) is 5.69 Å². The lowest BCUT2D eigenvalue weighted by Gasteiger charge is -2.07. The number of fused-ring (bicyclic) bond motifs is 1. The number of hydrogen-bond acceptors (Lipinski definition) is 4. The molecule has 3 aromatic heterocycles. The van der Waals surface area contributed by atoms with E-state index in [-0.39, 0.29) is 0 Å². The Morgan fingerprint density at radius 2 is 1.76 bits per heavy atom. The molecule has 3 heterocycles. The average molecular weight is 336 g/mol. The van der Waals surface area contributed by atoms with E-state index in [0.717, 1.165) is 17.0 Å². The fraction of sp³-hybridized carbons (Fsp3) is 0.176. The van der Waals surface area contributed by atoms with E-state index in [1.807, 2.05) is 43.3 Å². The number of rotatable bonds is 2. The van der Waals surface area contributed by atoms with Gasteiger partial charge in [-0.05, 0) is 13.0 Å². The lowest BCUT2D eigenvalue weighted by Crippen LogP contribution is -2.29. The van der Waals surface area contributed by atoms with Crippen molar-refractivity contribution in [3.05, 3.63) is 62.9 Å². The Hall–Kier alpha value is -3.42. The van der Waals surface area contributed by atoms with Gasteiger partial charge >= 0.3 is 5.69 Å². The minimum Gasteiger partial charge on any atom is -0.306 e. The van der Waals surface area contributed by atoms with Crippen LogP contribution in [0.5, 0.6) is 0 Å². The molecule has 0 aliphatic rings. The molecular weight excluding hydrogens is 320 g/mol. The van der Waals surface area contributed by atoms with Gasteiger partial charge in [0.25, 0.3) is 5.56 Å². The Labute approximate surface area is 142 Å². The van der Waals surface area contributed by atoms with Gasteiger partial charge in [-0.15, -0.1) is 0 Å². The zero-order valence-electron chi connectivity index (χ0n) is 14.0. The van der Waals surface area contributed by atoms with E-state index in [2.05, 4.69) is 15.1 Å². The normalized spacial score (nSPS) is 11.3. The van der Waals surface area contributed by atoms with Gasteiger partial charge in [0, 0.05) is 19.7 Å². The quantitative estimate of drug-likeness (QED) is 0.594. The molecule has 4 aromatic rings. The molecule has 0 spiro atoms. The molecule has 0 atom stereocenters. The molecule has 126 valence electrons. The van der Waals surface area contributed by atoms with Crippen molar-refractivity contribution in [3.63, 3.8) is 0 Å². The van der Waals surface area contributed by atoms with E-state index in [1.165, 1.54) is 4.57 Å². The van der Waals surface area contributed by atoms with Gasteiger partial charge in [-0.2, -0.15) is 14.8 Å². The molecule has 0 amide bonds. The van der Waals surface area contributed by atoms with Crippen molar-refractivity contribution < 1.29 is 0 Å². The van der Waals surface area contributed by atoms with Crippen LogP contribution in [0.25, 0.3) is 28.4 Å². The van der Waals surface area contributed by atoms with Gasteiger partial charge in [0.2, 0.25) is 5.95 Å². The largest absolute Gasteiger partial charge is 0.329 e. The van der Waals surface area contributed by atoms with Gasteiger partial charge in [-0.3, -0.25) is 14.3 Å². The van der Waals surface area contributed by atoms with Crippen LogP contribution in [-0.2, 0) is 14.1 Å². The summed E-state index contributed by atoms with van der Waals surface area (Å²) in [5.74, 6) is 0.466. The molecule has 1 N–H and O–H groups in total. The summed E-state index contributed by atoms with van der Waals surface area (Å²) in [5.41, 5.74) is 2.35. The second-order valence-electron chi connectivity index (χ2n) is 5.91. The molecule has 25 heavy (non-hydrogen) atoms. The van der Waals surface area contributed by atoms with Crippen molar-refractivity contribution in [2.45, 2.75) is 6.92 Å². The fourth-order valence-electron chi connectivity index (χ4n) is 2.95. The molecule has 0 saturated carbocycles. The first-order chi connectivity index (χ1) is 12.0. The first-order valence-corrected chi connectivity index (χ1v) is 7.75. The molecule has 0 bridgehead atoms. The van der Waals surface area contributed by atoms with Crippen LogP contribution in [0.3, 0.4) is 0 Å². The lowest BCUT2D eigenvalue weighted by atomic mass is 10.1. The third-order valence-electron chi connectivity index (χ3n) is 4.20. The van der Waals surface area contributed by atoms with Crippen LogP contribution < -0.4 is 11.2 Å². The summed E-state index contributed by atoms with van der Waals surface area (Å²) in [6, 6.07) is 11.8. The summed E-state index contributed by atoms with van der Waals surface area (Å²) in [7, 11) is 3.31. The molecule has 0 radical (unpaired) electrons. The third-order valence-corrected chi connectivity index (χ3v) is 4.20. The highest BCUT2D eigenvalue weighted by atomic mass is 16.2. The van der Waals surface area contributed by atoms with E-state index >= 15 is 0 Å². The van der Waals surface area contributed by atoms with E-state index in [9.17, 15) is 9.59 Å². The minimum atomic E-state index is -0.498. The summed E-state index contributed by atoms with van der Waals surface area (Å²) in [5, 5.41) is 4.53. The molecule has 0 unspecified atom stereocenters. The predicted octanol–water partition coefficient (Wildman–Crippen LogP) is 1.12. The summed E-state index contributed by atoms with van der Waals surface area (Å²) < 4.78 is 4.65. The van der Waals surface area contributed by atoms with E-state index in [4.69, 9.17) is 0 Å². The topological polar surface area (TPSA) is 90.5 Å². The molecule has 0 saturated heterocycles. The van der Waals surface area contributed by atoms with Crippen LogP contribution in [0, 0.1) is 6.92 Å². The number of nitrogens with one attached hydrogen (secondary N) is 1. The monoisotopic (exact) mass is 336 g/mol. The van der Waals surface area contributed by atoms with Crippen LogP contribution >= 0.6 is 0 Å². The van der Waals surface area contributed by atoms with Crippen molar-refractivity contribution in [2.75, 3.05) is 0 Å². The number of benzene rings is 1. The van der Waals surface area contributed by atoms with Gasteiger partial charge in [-0.1, -0.05) is 30.3 Å². The van der Waals surface area contributed by atoms with E-state index in [0.29, 0.717) is 17.1 Å². The van der Waals surface area contributed by atoms with Crippen LogP contribution in [0.15, 0.2) is 46.0 Å². The lowest BCUT2D eigenvalue weighted by molar-refractivity contribution is 0.757. The maximum atomic E-state index is 12.2. The highest BCUT2D eigenvalue weighted by Crippen LogP contribution is 2.24. The van der Waals surface area contributed by atoms with Crippen molar-refractivity contribution in [2.24, 2.45) is 14.1 Å². The third kappa shape index (κ3) is 2.22. The molecule has 1 aromatic carbocycles. The Morgan fingerprint density at radius 1 is 1.04 bits per heavy atom. The first kappa shape index (κ1) is 15.1. The van der Waals surface area contributed by atoms with Gasteiger partial charge in [0.05, 0.1) is 11.4 Å². The number of imidazole rings is 1. The SMILES string of the molecule is Cc1cc(-c2ccccc2)n(-c2nc3c(c(=O)[nH]c(=O)n3C)n2C)n1. The van der Waals surface area contributed by atoms with Crippen molar-refractivity contribution >= 4 is 11.2 Å². The smallest absolute Gasteiger partial charge is 0.306 e. The number of nitrogens with zero attached hydrogens (tertiary/aromatic N) is 5. The average Bonchev–Trinajstić information content (AvgIpc) is 3.14. The van der Waals surface area contributed by atoms with Crippen LogP contribution in [0.4, 0.5) is 0 Å². The number of hydrogen-bond donors (Lipinski definition) is 1. The zero-order chi connectivity index (χ0) is 17.7. The Morgan fingerprint density at radius 3 is 2.48 bits per heavy atom. The summed E-state index contributed by atoms with van der Waals surface area (Å²) in [6.07, 6.45) is 0. The minimum absolute atomic E-state index is 0.318. The second kappa shape index (κ2) is 5.30. The number of aromatic nitrogens is 6. The Balaban J connectivity index is 2.06. The number of aromatic amines is 1. The Kier molecular flexibility index (Phi) is 3.21. The number of H-pyrrole nitrogens is 1. The molecule has 8 heteroatoms. The Bertz CT molecular complexity index is 1210. The molecule has 0 fully saturated rings. The van der Waals surface area contributed by atoms with E-state index in [1.54, 1.807) is 23.3 Å². The highest BCUT2D eigenvalue weighted by molar-refractivity contribution is 5.73. The zero-order valence-corrected chi connectivity index (χ0v) is 14.0. The second-order valence-corrected chi connectivity index (χ2v) is 5.91. The number of aryl methyl sites for hydroxylation is 3. The van der Waals surface area contributed by atoms with Gasteiger partial charge in [0.1, 0.15) is 0 Å². The highest BCUT2D eigenvalue weighted by Gasteiger charge is 2.19. The summed E-state index contributed by atoms with van der Waals surface area (Å²) in [4.78, 5) is 30.9. The van der Waals surface area contributed by atoms with Crippen molar-refractivity contribution in [1.82, 2.24) is 28.9 Å². The molecule has 4 rings (SSSR count). The molecule has 0 aliphatic carbocycles. The first-order valence-electron chi connectivity index (χ1n) is 7.75. The predicted molar refractivity (Wildman–Crippen MR) is 93.9 cm³/mol. The summed E-state index contributed by atoms with van der Waals surface area (Å²) in [6.45, 7) is 1.90. The molecular formula is C17H16N6O2. The van der Waals surface area contributed by atoms with Crippen LogP contribution in [0.2, 0.25) is 0 Å². The van der Waals surface area contributed by atoms with Crippen molar-refractivity contribution in [3.8, 4) is 17.2 Å². The maximum Gasteiger partial charge on any atom is 0.329 e. The maximum absolute atomic E-state index is 12.2. The van der Waals surface area contributed by atoms with E-state index < -0.39 is 11.2 Å². The fourth-order valence-corrected chi connectivity index (χ4v) is 2.95. The van der Waals surface area contributed by atoms with Crippen LogP contribution in [-0.4, -0.2) is 28.9 Å². The van der Waals surface area contributed by atoms with Gasteiger partial charge < -0.3 is 4.57 Å². The van der Waals surface area contributed by atoms with Crippen molar-refractivity contribution in [1.29, 1.82) is 0 Å². The van der Waals surface area contributed by atoms with Gasteiger partial charge in [-0.25, -0.2) is 4.79 Å². The standard InChI is InChI=1S/C17H16N6O2/c1-10-9-12(11-7-5-4-6-8-11)23(20-10)16-18-14-13(21(16)2)15(24)19-17(25)22(14)3/h4-9H,1-3H3,(H,19,24,25). The molecule has 8 nitrogen and oxygen atoms in total. The molecule has 0 aliphatic heterocycles. The summed E-state index contributed by atoms with van der Waals surface area (Å²) >= 11 is 0.